The van der Waals surface area contributed by atoms with E-state index >= 15 is 0 Å². The van der Waals surface area contributed by atoms with E-state index in [0.29, 0.717) is 23.8 Å². The number of alkyl halides is 2. The van der Waals surface area contributed by atoms with Gasteiger partial charge in [0.15, 0.2) is 14.9 Å². The molecule has 0 saturated carbocycles. The fraction of sp³-hybridized carbons (Fsp3) is 0.562. The van der Waals surface area contributed by atoms with E-state index in [9.17, 15) is 17.2 Å². The van der Waals surface area contributed by atoms with E-state index < -0.39 is 16.4 Å². The van der Waals surface area contributed by atoms with E-state index in [4.69, 9.17) is 12.2 Å². The topological polar surface area (TPSA) is 63.1 Å². The molecule has 0 unspecified atom stereocenters. The Labute approximate surface area is 158 Å². The number of sulfone groups is 1. The van der Waals surface area contributed by atoms with Crippen molar-refractivity contribution in [2.24, 2.45) is 0 Å². The molecule has 1 aromatic rings. The van der Waals surface area contributed by atoms with Crippen LogP contribution in [0.1, 0.15) is 6.42 Å². The molecule has 2 rings (SSSR count). The molecule has 1 fully saturated rings. The number of hydrogen-bond acceptors (Lipinski definition) is 4. The lowest BCUT2D eigenvalue weighted by Gasteiger charge is -2.31. The number of nitrogens with zero attached hydrogens (tertiary/aromatic N) is 1. The number of nitrogens with one attached hydrogen (secondary N) is 2. The molecular weight excluding hydrogens is 384 g/mol. The van der Waals surface area contributed by atoms with Gasteiger partial charge >= 0.3 is 6.61 Å². The van der Waals surface area contributed by atoms with Crippen LogP contribution in [0.15, 0.2) is 24.3 Å². The maximum absolute atomic E-state index is 12.2. The van der Waals surface area contributed by atoms with Gasteiger partial charge in [-0.3, -0.25) is 0 Å². The molecule has 0 aromatic heterocycles. The summed E-state index contributed by atoms with van der Waals surface area (Å²) in [6.45, 7) is -1.44. The van der Waals surface area contributed by atoms with Gasteiger partial charge in [-0.15, -0.1) is 0 Å². The van der Waals surface area contributed by atoms with Crippen LogP contribution in [0.5, 0.6) is 5.75 Å². The highest BCUT2D eigenvalue weighted by molar-refractivity contribution is 7.91. The maximum atomic E-state index is 12.2. The largest absolute Gasteiger partial charge is 0.435 e. The van der Waals surface area contributed by atoms with Crippen LogP contribution in [-0.4, -0.2) is 69.8 Å². The average Bonchev–Trinajstić information content (AvgIpc) is 2.88. The summed E-state index contributed by atoms with van der Waals surface area (Å²) in [6, 6.07) is 5.87. The molecule has 0 spiro atoms. The summed E-state index contributed by atoms with van der Waals surface area (Å²) in [7, 11) is 1.01. The second-order valence-corrected chi connectivity index (χ2v) is 9.16. The summed E-state index contributed by atoms with van der Waals surface area (Å²) in [6.07, 6.45) is 0.550. The van der Waals surface area contributed by atoms with E-state index in [1.807, 2.05) is 19.0 Å². The molecule has 146 valence electrons. The van der Waals surface area contributed by atoms with Gasteiger partial charge in [-0.2, -0.15) is 8.78 Å². The van der Waals surface area contributed by atoms with Crippen molar-refractivity contribution in [3.63, 3.8) is 0 Å². The highest BCUT2D eigenvalue weighted by Gasteiger charge is 2.33. The quantitative estimate of drug-likeness (QED) is 0.645. The highest BCUT2D eigenvalue weighted by Crippen LogP contribution is 2.21. The van der Waals surface area contributed by atoms with Gasteiger partial charge in [0.05, 0.1) is 38.7 Å². The van der Waals surface area contributed by atoms with Crippen molar-refractivity contribution in [1.29, 1.82) is 0 Å². The Morgan fingerprint density at radius 1 is 1.38 bits per heavy atom. The number of hydrogen-bond donors (Lipinski definition) is 2. The van der Waals surface area contributed by atoms with E-state index in [-0.39, 0.29) is 23.3 Å². The predicted octanol–water partition coefficient (Wildman–Crippen LogP) is 0.618. The van der Waals surface area contributed by atoms with Gasteiger partial charge in [0.1, 0.15) is 5.75 Å². The lowest BCUT2D eigenvalue weighted by Crippen LogP contribution is -3.06. The number of likely N-dealkylation sites (N-methyl/N-ethyl adjacent to an activating group) is 1. The highest BCUT2D eigenvalue weighted by atomic mass is 32.2. The van der Waals surface area contributed by atoms with Crippen LogP contribution in [0.4, 0.5) is 14.5 Å². The first-order valence-electron chi connectivity index (χ1n) is 8.28. The number of halogens is 2. The third-order valence-corrected chi connectivity index (χ3v) is 6.18. The van der Waals surface area contributed by atoms with E-state index in [2.05, 4.69) is 10.1 Å². The molecule has 2 N–H and O–H groups in total. The number of ether oxygens (including phenoxy) is 1. The zero-order valence-corrected chi connectivity index (χ0v) is 16.4. The summed E-state index contributed by atoms with van der Waals surface area (Å²) >= 11 is 5.48. The number of thiocarbonyl (C=S) groups is 1. The standard InChI is InChI=1S/C16H23F2N3O3S2/c1-20(2)8-9-21(13-7-10-26(22,23)11-13)16(25)19-12-3-5-14(6-4-12)24-15(17)18/h3-6,13,15H,7-11H2,1-2H3,(H,19,25)/p+1/t13-/m0/s1. The van der Waals surface area contributed by atoms with E-state index in [1.165, 1.54) is 17.0 Å². The minimum Gasteiger partial charge on any atom is -0.435 e. The van der Waals surface area contributed by atoms with Crippen LogP contribution < -0.4 is 15.0 Å². The Morgan fingerprint density at radius 3 is 2.54 bits per heavy atom. The second-order valence-electron chi connectivity index (χ2n) is 6.54. The zero-order valence-electron chi connectivity index (χ0n) is 14.7. The van der Waals surface area contributed by atoms with E-state index in [0.717, 1.165) is 6.54 Å². The number of anilines is 1. The Kier molecular flexibility index (Phi) is 7.13. The third kappa shape index (κ3) is 6.33. The van der Waals surface area contributed by atoms with Crippen molar-refractivity contribution in [2.45, 2.75) is 19.1 Å². The molecule has 0 radical (unpaired) electrons. The first kappa shape index (κ1) is 20.8. The molecule has 0 bridgehead atoms. The second kappa shape index (κ2) is 8.92. The fourth-order valence-electron chi connectivity index (χ4n) is 2.73. The van der Waals surface area contributed by atoms with Gasteiger partial charge in [0.2, 0.25) is 0 Å². The van der Waals surface area contributed by atoms with Crippen LogP contribution in [0.25, 0.3) is 0 Å². The van der Waals surface area contributed by atoms with Crippen LogP contribution in [0, 0.1) is 0 Å². The lowest BCUT2D eigenvalue weighted by molar-refractivity contribution is -0.857. The summed E-state index contributed by atoms with van der Waals surface area (Å²) in [5.74, 6) is 0.329. The van der Waals surface area contributed by atoms with Gasteiger partial charge in [-0.05, 0) is 42.9 Å². The van der Waals surface area contributed by atoms with Crippen LogP contribution in [-0.2, 0) is 9.84 Å². The number of quaternary nitrogens is 1. The Morgan fingerprint density at radius 2 is 2.04 bits per heavy atom. The lowest BCUT2D eigenvalue weighted by atomic mass is 10.2. The van der Waals surface area contributed by atoms with Gasteiger partial charge in [-0.1, -0.05) is 0 Å². The van der Waals surface area contributed by atoms with Crippen LogP contribution in [0.3, 0.4) is 0 Å². The fourth-order valence-corrected chi connectivity index (χ4v) is 4.82. The Hall–Kier alpha value is -1.52. The van der Waals surface area contributed by atoms with E-state index in [1.54, 1.807) is 12.1 Å². The summed E-state index contributed by atoms with van der Waals surface area (Å²) in [5.41, 5.74) is 0.625. The van der Waals surface area contributed by atoms with Gasteiger partial charge < -0.3 is 19.9 Å². The molecule has 10 heteroatoms. The smallest absolute Gasteiger partial charge is 0.387 e. The molecule has 1 aromatic carbocycles. The average molecular weight is 409 g/mol. The van der Waals surface area contributed by atoms with Crippen molar-refractivity contribution in [2.75, 3.05) is 44.0 Å². The van der Waals surface area contributed by atoms with Crippen LogP contribution in [0.2, 0.25) is 0 Å². The van der Waals surface area contributed by atoms with Gasteiger partial charge in [0, 0.05) is 11.7 Å². The van der Waals surface area contributed by atoms with Crippen molar-refractivity contribution in [3.05, 3.63) is 24.3 Å². The SMILES string of the molecule is C[NH+](C)CCN(C(=S)Nc1ccc(OC(F)F)cc1)[C@H]1CCS(=O)(=O)C1. The molecule has 0 amide bonds. The molecule has 1 aliphatic rings. The Balaban J connectivity index is 2.05. The Bertz CT molecular complexity index is 712. The molecule has 1 aliphatic heterocycles. The minimum atomic E-state index is -3.03. The first-order chi connectivity index (χ1) is 12.2. The van der Waals surface area contributed by atoms with Crippen LogP contribution >= 0.6 is 12.2 Å². The monoisotopic (exact) mass is 408 g/mol. The van der Waals surface area contributed by atoms with Crippen molar-refractivity contribution in [1.82, 2.24) is 4.90 Å². The molecule has 1 atom stereocenters. The number of rotatable bonds is 7. The summed E-state index contributed by atoms with van der Waals surface area (Å²) < 4.78 is 52.4. The maximum Gasteiger partial charge on any atom is 0.387 e. The third-order valence-electron chi connectivity index (χ3n) is 4.09. The minimum absolute atomic E-state index is 0.0615. The normalized spacial score (nSPS) is 18.9. The molecule has 1 saturated heterocycles. The molecular formula is C16H24F2N3O3S2+. The predicted molar refractivity (Wildman–Crippen MR) is 101 cm³/mol. The van der Waals surface area contributed by atoms with Crippen molar-refractivity contribution < 1.29 is 26.8 Å². The van der Waals surface area contributed by atoms with Crippen molar-refractivity contribution >= 4 is 32.9 Å². The first-order valence-corrected chi connectivity index (χ1v) is 10.5. The number of benzene rings is 1. The molecule has 6 nitrogen and oxygen atoms in total. The summed E-state index contributed by atoms with van der Waals surface area (Å²) in [4.78, 5) is 3.14. The summed E-state index contributed by atoms with van der Waals surface area (Å²) in [5, 5.41) is 3.49. The molecule has 1 heterocycles. The van der Waals surface area contributed by atoms with Gasteiger partial charge in [0.25, 0.3) is 0 Å². The van der Waals surface area contributed by atoms with Crippen molar-refractivity contribution in [3.8, 4) is 5.75 Å². The van der Waals surface area contributed by atoms with Gasteiger partial charge in [-0.25, -0.2) is 8.42 Å². The molecule has 26 heavy (non-hydrogen) atoms. The molecule has 0 aliphatic carbocycles. The zero-order chi connectivity index (χ0) is 19.3.